The summed E-state index contributed by atoms with van der Waals surface area (Å²) in [6, 6.07) is 1.59. The van der Waals surface area contributed by atoms with E-state index in [9.17, 15) is 4.79 Å². The predicted octanol–water partition coefficient (Wildman–Crippen LogP) is 1.97. The molecular weight excluding hydrogens is 222 g/mol. The van der Waals surface area contributed by atoms with Crippen LogP contribution in [-0.4, -0.2) is 18.4 Å². The van der Waals surface area contributed by atoms with Crippen LogP contribution in [0.3, 0.4) is 0 Å². The van der Waals surface area contributed by atoms with Crippen LogP contribution in [0.15, 0.2) is 10.5 Å². The molecule has 0 aliphatic heterocycles. The third-order valence-electron chi connectivity index (χ3n) is 1.46. The standard InChI is InChI=1S/C8H8BrNO2/c1-5-8(9)6(4-11)3-7(10-5)12-2/h3-4H,1-2H3. The van der Waals surface area contributed by atoms with E-state index in [0.29, 0.717) is 11.4 Å². The summed E-state index contributed by atoms with van der Waals surface area (Å²) in [6.07, 6.45) is 0.765. The lowest BCUT2D eigenvalue weighted by molar-refractivity contribution is 0.112. The fourth-order valence-electron chi connectivity index (χ4n) is 0.842. The van der Waals surface area contributed by atoms with Gasteiger partial charge in [-0.1, -0.05) is 0 Å². The summed E-state index contributed by atoms with van der Waals surface area (Å²) >= 11 is 3.25. The molecule has 0 radical (unpaired) electrons. The van der Waals surface area contributed by atoms with Crippen molar-refractivity contribution in [3.8, 4) is 5.88 Å². The Labute approximate surface area is 78.9 Å². The number of ether oxygens (including phenoxy) is 1. The van der Waals surface area contributed by atoms with Crippen molar-refractivity contribution in [2.75, 3.05) is 7.11 Å². The molecule has 1 rings (SSSR count). The minimum atomic E-state index is 0.456. The van der Waals surface area contributed by atoms with E-state index in [2.05, 4.69) is 20.9 Å². The van der Waals surface area contributed by atoms with E-state index >= 15 is 0 Å². The number of halogens is 1. The van der Waals surface area contributed by atoms with Gasteiger partial charge >= 0.3 is 0 Å². The second-order valence-electron chi connectivity index (χ2n) is 2.27. The fraction of sp³-hybridized carbons (Fsp3) is 0.250. The Morgan fingerprint density at radius 2 is 2.33 bits per heavy atom. The summed E-state index contributed by atoms with van der Waals surface area (Å²) in [5, 5.41) is 0. The maximum absolute atomic E-state index is 10.5. The lowest BCUT2D eigenvalue weighted by atomic mass is 10.2. The molecule has 4 heteroatoms. The summed E-state index contributed by atoms with van der Waals surface area (Å²) in [5.41, 5.74) is 1.30. The number of carbonyl (C=O) groups is 1. The van der Waals surface area contributed by atoms with Gasteiger partial charge in [-0.25, -0.2) is 4.98 Å². The number of rotatable bonds is 2. The summed E-state index contributed by atoms with van der Waals surface area (Å²) in [4.78, 5) is 14.6. The Morgan fingerprint density at radius 3 is 2.83 bits per heavy atom. The smallest absolute Gasteiger partial charge is 0.213 e. The molecule has 12 heavy (non-hydrogen) atoms. The third-order valence-corrected chi connectivity index (χ3v) is 2.50. The van der Waals surface area contributed by atoms with Gasteiger partial charge in [0.25, 0.3) is 0 Å². The second kappa shape index (κ2) is 3.67. The van der Waals surface area contributed by atoms with Gasteiger partial charge in [0.2, 0.25) is 5.88 Å². The van der Waals surface area contributed by atoms with Crippen LogP contribution in [0, 0.1) is 6.92 Å². The van der Waals surface area contributed by atoms with Crippen molar-refractivity contribution in [2.45, 2.75) is 6.92 Å². The Morgan fingerprint density at radius 1 is 1.67 bits per heavy atom. The summed E-state index contributed by atoms with van der Waals surface area (Å²) in [6.45, 7) is 1.81. The largest absolute Gasteiger partial charge is 0.481 e. The Kier molecular flexibility index (Phi) is 2.81. The zero-order valence-electron chi connectivity index (χ0n) is 6.80. The molecule has 1 heterocycles. The van der Waals surface area contributed by atoms with Gasteiger partial charge in [0, 0.05) is 16.1 Å². The predicted molar refractivity (Wildman–Crippen MR) is 48.6 cm³/mol. The first kappa shape index (κ1) is 9.19. The highest BCUT2D eigenvalue weighted by Gasteiger charge is 2.05. The van der Waals surface area contributed by atoms with Crippen LogP contribution in [0.25, 0.3) is 0 Å². The molecule has 1 aromatic heterocycles. The first-order valence-electron chi connectivity index (χ1n) is 3.35. The summed E-state index contributed by atoms with van der Waals surface area (Å²) < 4.78 is 5.62. The number of methoxy groups -OCH3 is 1. The number of hydrogen-bond donors (Lipinski definition) is 0. The van der Waals surface area contributed by atoms with Crippen LogP contribution in [-0.2, 0) is 0 Å². The van der Waals surface area contributed by atoms with Crippen molar-refractivity contribution in [3.63, 3.8) is 0 Å². The average Bonchev–Trinajstić information content (AvgIpc) is 2.09. The van der Waals surface area contributed by atoms with Gasteiger partial charge in [-0.05, 0) is 22.9 Å². The number of carbonyl (C=O) groups excluding carboxylic acids is 1. The summed E-state index contributed by atoms with van der Waals surface area (Å²) in [7, 11) is 1.52. The van der Waals surface area contributed by atoms with E-state index in [4.69, 9.17) is 4.74 Å². The summed E-state index contributed by atoms with van der Waals surface area (Å²) in [5.74, 6) is 0.456. The normalized spacial score (nSPS) is 9.58. The van der Waals surface area contributed by atoms with Crippen molar-refractivity contribution >= 4 is 22.2 Å². The molecule has 0 bridgehead atoms. The molecule has 1 aromatic rings. The number of aromatic nitrogens is 1. The van der Waals surface area contributed by atoms with Crippen molar-refractivity contribution in [1.82, 2.24) is 4.98 Å². The van der Waals surface area contributed by atoms with Crippen LogP contribution in [0.4, 0.5) is 0 Å². The van der Waals surface area contributed by atoms with Gasteiger partial charge in [0.05, 0.1) is 12.8 Å². The van der Waals surface area contributed by atoms with Crippen molar-refractivity contribution in [3.05, 3.63) is 21.8 Å². The van der Waals surface area contributed by atoms with Crippen molar-refractivity contribution in [1.29, 1.82) is 0 Å². The van der Waals surface area contributed by atoms with Crippen molar-refractivity contribution in [2.24, 2.45) is 0 Å². The number of nitrogens with zero attached hydrogens (tertiary/aromatic N) is 1. The SMILES string of the molecule is COc1cc(C=O)c(Br)c(C)n1. The van der Waals surface area contributed by atoms with Gasteiger partial charge in [0.15, 0.2) is 6.29 Å². The van der Waals surface area contributed by atoms with E-state index in [1.165, 1.54) is 7.11 Å². The van der Waals surface area contributed by atoms with Crippen LogP contribution < -0.4 is 4.74 Å². The van der Waals surface area contributed by atoms with E-state index in [0.717, 1.165) is 16.5 Å². The van der Waals surface area contributed by atoms with E-state index < -0.39 is 0 Å². The van der Waals surface area contributed by atoms with Crippen LogP contribution >= 0.6 is 15.9 Å². The van der Waals surface area contributed by atoms with Crippen LogP contribution in [0.1, 0.15) is 16.1 Å². The monoisotopic (exact) mass is 229 g/mol. The molecule has 0 saturated carbocycles. The highest BCUT2D eigenvalue weighted by molar-refractivity contribution is 9.10. The van der Waals surface area contributed by atoms with E-state index in [1.54, 1.807) is 13.0 Å². The first-order chi connectivity index (χ1) is 5.69. The first-order valence-corrected chi connectivity index (χ1v) is 4.14. The highest BCUT2D eigenvalue weighted by Crippen LogP contribution is 2.22. The highest BCUT2D eigenvalue weighted by atomic mass is 79.9. The minimum absolute atomic E-state index is 0.456. The molecule has 0 fully saturated rings. The Bertz CT molecular complexity index is 312. The average molecular weight is 230 g/mol. The molecule has 3 nitrogen and oxygen atoms in total. The molecule has 0 aliphatic rings. The van der Waals surface area contributed by atoms with Gasteiger partial charge in [-0.3, -0.25) is 4.79 Å². The van der Waals surface area contributed by atoms with Crippen molar-refractivity contribution < 1.29 is 9.53 Å². The number of aldehydes is 1. The molecule has 0 aromatic carbocycles. The molecular formula is C8H8BrNO2. The second-order valence-corrected chi connectivity index (χ2v) is 3.06. The topological polar surface area (TPSA) is 39.2 Å². The zero-order chi connectivity index (χ0) is 9.14. The molecule has 0 atom stereocenters. The number of hydrogen-bond acceptors (Lipinski definition) is 3. The lowest BCUT2D eigenvalue weighted by Crippen LogP contribution is -1.94. The van der Waals surface area contributed by atoms with Crippen LogP contribution in [0.5, 0.6) is 5.88 Å². The third kappa shape index (κ3) is 1.64. The minimum Gasteiger partial charge on any atom is -0.481 e. The van der Waals surface area contributed by atoms with E-state index in [1.807, 2.05) is 0 Å². The van der Waals surface area contributed by atoms with E-state index in [-0.39, 0.29) is 0 Å². The number of pyridine rings is 1. The van der Waals surface area contributed by atoms with Gasteiger partial charge in [-0.2, -0.15) is 0 Å². The quantitative estimate of drug-likeness (QED) is 0.729. The van der Waals surface area contributed by atoms with Gasteiger partial charge < -0.3 is 4.74 Å². The molecule has 0 N–H and O–H groups in total. The Balaban J connectivity index is 3.28. The molecule has 0 spiro atoms. The zero-order valence-corrected chi connectivity index (χ0v) is 8.38. The maximum Gasteiger partial charge on any atom is 0.213 e. The van der Waals surface area contributed by atoms with Gasteiger partial charge in [-0.15, -0.1) is 0 Å². The fourth-order valence-corrected chi connectivity index (χ4v) is 1.14. The van der Waals surface area contributed by atoms with Gasteiger partial charge in [0.1, 0.15) is 0 Å². The molecule has 0 aliphatic carbocycles. The molecule has 0 amide bonds. The molecule has 64 valence electrons. The van der Waals surface area contributed by atoms with Crippen LogP contribution in [0.2, 0.25) is 0 Å². The Hall–Kier alpha value is -0.900. The maximum atomic E-state index is 10.5. The number of aryl methyl sites for hydroxylation is 1. The molecule has 0 unspecified atom stereocenters. The molecule has 0 saturated heterocycles. The lowest BCUT2D eigenvalue weighted by Gasteiger charge is -2.03.